The van der Waals surface area contributed by atoms with Gasteiger partial charge in [0.1, 0.15) is 17.2 Å². The quantitative estimate of drug-likeness (QED) is 0.670. The molecule has 4 rings (SSSR count). The van der Waals surface area contributed by atoms with Crippen LogP contribution in [0.15, 0.2) is 42.5 Å². The summed E-state index contributed by atoms with van der Waals surface area (Å²) in [6.45, 7) is 3.32. The highest BCUT2D eigenvalue weighted by Crippen LogP contribution is 2.36. The minimum absolute atomic E-state index is 0.0456. The van der Waals surface area contributed by atoms with Gasteiger partial charge in [-0.2, -0.15) is 0 Å². The third kappa shape index (κ3) is 4.84. The van der Waals surface area contributed by atoms with Crippen LogP contribution in [0.1, 0.15) is 12.8 Å². The number of carbonyl (C=O) groups excluding carboxylic acids is 2. The van der Waals surface area contributed by atoms with Gasteiger partial charge in [-0.3, -0.25) is 9.59 Å². The summed E-state index contributed by atoms with van der Waals surface area (Å²) in [5, 5.41) is 0. The molecule has 2 heterocycles. The van der Waals surface area contributed by atoms with Gasteiger partial charge in [0, 0.05) is 50.9 Å². The molecule has 8 nitrogen and oxygen atoms in total. The molecule has 2 aromatic rings. The average molecular weight is 454 g/mol. The molecule has 0 aliphatic carbocycles. The zero-order valence-corrected chi connectivity index (χ0v) is 19.5. The zero-order chi connectivity index (χ0) is 23.4. The van der Waals surface area contributed by atoms with E-state index >= 15 is 0 Å². The van der Waals surface area contributed by atoms with Gasteiger partial charge in [0.25, 0.3) is 0 Å². The molecule has 8 heteroatoms. The van der Waals surface area contributed by atoms with Gasteiger partial charge in [-0.05, 0) is 42.8 Å². The van der Waals surface area contributed by atoms with E-state index in [0.717, 1.165) is 30.9 Å². The molecule has 0 spiro atoms. The summed E-state index contributed by atoms with van der Waals surface area (Å²) in [5.74, 6) is 1.66. The minimum Gasteiger partial charge on any atom is -0.497 e. The van der Waals surface area contributed by atoms with Crippen LogP contribution in [0.3, 0.4) is 0 Å². The molecule has 1 atom stereocenters. The lowest BCUT2D eigenvalue weighted by atomic mass is 10.1. The molecule has 2 aliphatic rings. The van der Waals surface area contributed by atoms with Gasteiger partial charge < -0.3 is 28.9 Å². The lowest BCUT2D eigenvalue weighted by molar-refractivity contribution is -0.135. The van der Waals surface area contributed by atoms with E-state index in [0.29, 0.717) is 36.8 Å². The first kappa shape index (κ1) is 22.8. The van der Waals surface area contributed by atoms with E-state index in [1.165, 1.54) is 0 Å². The van der Waals surface area contributed by atoms with E-state index in [2.05, 4.69) is 4.90 Å². The van der Waals surface area contributed by atoms with Crippen LogP contribution in [0.25, 0.3) is 0 Å². The Morgan fingerprint density at radius 3 is 2.30 bits per heavy atom. The normalized spacial score (nSPS) is 18.8. The van der Waals surface area contributed by atoms with Gasteiger partial charge in [0.05, 0.1) is 32.9 Å². The monoisotopic (exact) mass is 453 g/mol. The second kappa shape index (κ2) is 10.0. The highest BCUT2D eigenvalue weighted by atomic mass is 16.5. The number of hydrogen-bond acceptors (Lipinski definition) is 6. The van der Waals surface area contributed by atoms with Crippen molar-refractivity contribution in [3.05, 3.63) is 42.5 Å². The lowest BCUT2D eigenvalue weighted by Gasteiger charge is -2.25. The van der Waals surface area contributed by atoms with Gasteiger partial charge in [-0.25, -0.2) is 0 Å². The first-order valence-corrected chi connectivity index (χ1v) is 11.2. The zero-order valence-electron chi connectivity index (χ0n) is 19.5. The van der Waals surface area contributed by atoms with Crippen molar-refractivity contribution < 1.29 is 23.8 Å². The van der Waals surface area contributed by atoms with Crippen molar-refractivity contribution in [3.8, 4) is 17.2 Å². The number of anilines is 2. The largest absolute Gasteiger partial charge is 0.497 e. The molecule has 0 bridgehead atoms. The Balaban J connectivity index is 1.42. The van der Waals surface area contributed by atoms with Crippen LogP contribution in [0, 0.1) is 5.92 Å². The highest BCUT2D eigenvalue weighted by Gasteiger charge is 2.38. The van der Waals surface area contributed by atoms with Crippen LogP contribution in [0.5, 0.6) is 17.2 Å². The molecule has 33 heavy (non-hydrogen) atoms. The second-order valence-electron chi connectivity index (χ2n) is 8.31. The standard InChI is InChI=1S/C25H31N3O5/c1-31-20-7-5-19(6-8-20)26-11-4-12-27(14-13-26)25(30)18-15-24(29)28(17-18)22-16-21(32-2)9-10-23(22)33-3/h5-10,16,18H,4,11-15,17H2,1-3H3. The number of carbonyl (C=O) groups is 2. The van der Waals surface area contributed by atoms with Crippen LogP contribution in [0.4, 0.5) is 11.4 Å². The maximum Gasteiger partial charge on any atom is 0.228 e. The summed E-state index contributed by atoms with van der Waals surface area (Å²) in [4.78, 5) is 32.0. The van der Waals surface area contributed by atoms with Crippen LogP contribution < -0.4 is 24.0 Å². The number of benzene rings is 2. The summed E-state index contributed by atoms with van der Waals surface area (Å²) in [6, 6.07) is 13.3. The molecular weight excluding hydrogens is 422 g/mol. The van der Waals surface area contributed by atoms with E-state index in [-0.39, 0.29) is 24.2 Å². The minimum atomic E-state index is -0.360. The molecular formula is C25H31N3O5. The predicted molar refractivity (Wildman–Crippen MR) is 126 cm³/mol. The number of amides is 2. The number of rotatable bonds is 6. The molecule has 0 radical (unpaired) electrons. The summed E-state index contributed by atoms with van der Waals surface area (Å²) >= 11 is 0. The summed E-state index contributed by atoms with van der Waals surface area (Å²) in [7, 11) is 4.81. The summed E-state index contributed by atoms with van der Waals surface area (Å²) in [6.07, 6.45) is 1.09. The van der Waals surface area contributed by atoms with E-state index < -0.39 is 0 Å². The first-order valence-electron chi connectivity index (χ1n) is 11.2. The highest BCUT2D eigenvalue weighted by molar-refractivity contribution is 6.01. The summed E-state index contributed by atoms with van der Waals surface area (Å²) in [5.41, 5.74) is 1.76. The van der Waals surface area contributed by atoms with E-state index in [1.807, 2.05) is 29.2 Å². The predicted octanol–water partition coefficient (Wildman–Crippen LogP) is 2.80. The topological polar surface area (TPSA) is 71.6 Å². The van der Waals surface area contributed by atoms with Crippen molar-refractivity contribution in [2.75, 3.05) is 63.9 Å². The summed E-state index contributed by atoms with van der Waals surface area (Å²) < 4.78 is 16.0. The molecule has 0 saturated carbocycles. The third-order valence-electron chi connectivity index (χ3n) is 6.40. The Labute approximate surface area is 194 Å². The van der Waals surface area contributed by atoms with E-state index in [1.54, 1.807) is 44.4 Å². The van der Waals surface area contributed by atoms with Crippen molar-refractivity contribution in [3.63, 3.8) is 0 Å². The second-order valence-corrected chi connectivity index (χ2v) is 8.31. The fourth-order valence-corrected chi connectivity index (χ4v) is 4.56. The maximum absolute atomic E-state index is 13.3. The van der Waals surface area contributed by atoms with E-state index in [9.17, 15) is 9.59 Å². The van der Waals surface area contributed by atoms with Gasteiger partial charge in [0.2, 0.25) is 11.8 Å². The van der Waals surface area contributed by atoms with Crippen molar-refractivity contribution in [1.29, 1.82) is 0 Å². The van der Waals surface area contributed by atoms with Crippen LogP contribution in [0.2, 0.25) is 0 Å². The molecule has 2 saturated heterocycles. The van der Waals surface area contributed by atoms with Crippen LogP contribution in [-0.4, -0.2) is 70.8 Å². The Hall–Kier alpha value is -3.42. The Kier molecular flexibility index (Phi) is 6.91. The van der Waals surface area contributed by atoms with E-state index in [4.69, 9.17) is 14.2 Å². The molecule has 0 N–H and O–H groups in total. The van der Waals surface area contributed by atoms with Crippen molar-refractivity contribution in [1.82, 2.24) is 4.90 Å². The smallest absolute Gasteiger partial charge is 0.228 e. The third-order valence-corrected chi connectivity index (χ3v) is 6.40. The Morgan fingerprint density at radius 2 is 1.61 bits per heavy atom. The van der Waals surface area contributed by atoms with Crippen molar-refractivity contribution in [2.45, 2.75) is 12.8 Å². The molecule has 1 unspecified atom stereocenters. The average Bonchev–Trinajstić information content (AvgIpc) is 3.08. The molecule has 0 aromatic heterocycles. The number of ether oxygens (including phenoxy) is 3. The fourth-order valence-electron chi connectivity index (χ4n) is 4.56. The number of hydrogen-bond donors (Lipinski definition) is 0. The number of nitrogens with zero attached hydrogens (tertiary/aromatic N) is 3. The van der Waals surface area contributed by atoms with Crippen LogP contribution >= 0.6 is 0 Å². The Morgan fingerprint density at radius 1 is 0.879 bits per heavy atom. The molecule has 2 aliphatic heterocycles. The number of methoxy groups -OCH3 is 3. The Bertz CT molecular complexity index is 994. The molecule has 2 aromatic carbocycles. The SMILES string of the molecule is COc1ccc(N2CCCN(C(=O)C3CC(=O)N(c4cc(OC)ccc4OC)C3)CC2)cc1. The van der Waals surface area contributed by atoms with Crippen molar-refractivity contribution in [2.24, 2.45) is 5.92 Å². The van der Waals surface area contributed by atoms with Gasteiger partial charge in [-0.1, -0.05) is 0 Å². The molecule has 2 amide bonds. The first-order chi connectivity index (χ1) is 16.0. The molecule has 2 fully saturated rings. The molecule has 176 valence electrons. The fraction of sp³-hybridized carbons (Fsp3) is 0.440. The van der Waals surface area contributed by atoms with Gasteiger partial charge in [0.15, 0.2) is 0 Å². The van der Waals surface area contributed by atoms with Crippen LogP contribution in [-0.2, 0) is 9.59 Å². The van der Waals surface area contributed by atoms with Gasteiger partial charge in [-0.15, -0.1) is 0 Å². The lowest BCUT2D eigenvalue weighted by Crippen LogP contribution is -2.40. The van der Waals surface area contributed by atoms with Gasteiger partial charge >= 0.3 is 0 Å². The van der Waals surface area contributed by atoms with Crippen molar-refractivity contribution >= 4 is 23.2 Å². The maximum atomic E-state index is 13.3.